The second-order valence-corrected chi connectivity index (χ2v) is 4.09. The summed E-state index contributed by atoms with van der Waals surface area (Å²) in [6.07, 6.45) is 0.164. The molecule has 2 N–H and O–H groups in total. The summed E-state index contributed by atoms with van der Waals surface area (Å²) in [5.41, 5.74) is 7.79. The minimum Gasteiger partial charge on any atom is -0.489 e. The number of ether oxygens (including phenoxy) is 1. The molecule has 0 unspecified atom stereocenters. The molecule has 0 amide bonds. The summed E-state index contributed by atoms with van der Waals surface area (Å²) in [6.45, 7) is 8.30. The molecule has 0 fully saturated rings. The highest BCUT2D eigenvalue weighted by atomic mass is 16.5. The number of para-hydroxylation sites is 1. The van der Waals surface area contributed by atoms with Gasteiger partial charge in [-0.15, -0.1) is 0 Å². The maximum absolute atomic E-state index is 5.88. The van der Waals surface area contributed by atoms with E-state index in [1.807, 2.05) is 26.0 Å². The highest BCUT2D eigenvalue weighted by Crippen LogP contribution is 2.32. The van der Waals surface area contributed by atoms with Crippen LogP contribution in [0.3, 0.4) is 0 Å². The quantitative estimate of drug-likeness (QED) is 0.748. The molecule has 0 bridgehead atoms. The van der Waals surface area contributed by atoms with Gasteiger partial charge in [-0.25, -0.2) is 0 Å². The Kier molecular flexibility index (Phi) is 3.39. The smallest absolute Gasteiger partial charge is 0.146 e. The molecule has 2 nitrogen and oxygen atoms in total. The number of anilines is 1. The molecule has 0 spiro atoms. The normalized spacial score (nSPS) is 11.0. The van der Waals surface area contributed by atoms with Crippen LogP contribution in [0.25, 0.3) is 0 Å². The highest BCUT2D eigenvalue weighted by Gasteiger charge is 2.11. The molecular weight excluding hydrogens is 174 g/mol. The topological polar surface area (TPSA) is 35.2 Å². The molecule has 0 heterocycles. The Bertz CT molecular complexity index is 305. The van der Waals surface area contributed by atoms with E-state index in [2.05, 4.69) is 19.9 Å². The number of hydrogen-bond acceptors (Lipinski definition) is 2. The maximum Gasteiger partial charge on any atom is 0.146 e. The van der Waals surface area contributed by atoms with Crippen LogP contribution < -0.4 is 10.5 Å². The van der Waals surface area contributed by atoms with Gasteiger partial charge in [-0.2, -0.15) is 0 Å². The Morgan fingerprint density at radius 2 is 1.79 bits per heavy atom. The zero-order valence-electron chi connectivity index (χ0n) is 9.37. The third-order valence-electron chi connectivity index (χ3n) is 2.05. The van der Waals surface area contributed by atoms with Crippen molar-refractivity contribution in [2.45, 2.75) is 39.7 Å². The second kappa shape index (κ2) is 4.36. The molecule has 0 aliphatic carbocycles. The van der Waals surface area contributed by atoms with E-state index in [1.165, 1.54) is 5.56 Å². The van der Waals surface area contributed by atoms with Gasteiger partial charge < -0.3 is 10.5 Å². The molecule has 78 valence electrons. The lowest BCUT2D eigenvalue weighted by molar-refractivity contribution is 0.240. The fourth-order valence-corrected chi connectivity index (χ4v) is 1.40. The van der Waals surface area contributed by atoms with E-state index in [0.717, 1.165) is 11.4 Å². The van der Waals surface area contributed by atoms with E-state index in [0.29, 0.717) is 5.92 Å². The van der Waals surface area contributed by atoms with Gasteiger partial charge in [0.05, 0.1) is 11.8 Å². The van der Waals surface area contributed by atoms with E-state index in [4.69, 9.17) is 10.5 Å². The van der Waals surface area contributed by atoms with Crippen LogP contribution >= 0.6 is 0 Å². The van der Waals surface area contributed by atoms with Crippen LogP contribution in [0.4, 0.5) is 5.69 Å². The van der Waals surface area contributed by atoms with E-state index in [9.17, 15) is 0 Å². The van der Waals surface area contributed by atoms with Crippen molar-refractivity contribution in [2.75, 3.05) is 5.73 Å². The number of nitrogens with two attached hydrogens (primary N) is 1. The second-order valence-electron chi connectivity index (χ2n) is 4.09. The first-order chi connectivity index (χ1) is 6.52. The van der Waals surface area contributed by atoms with Crippen molar-refractivity contribution in [3.05, 3.63) is 23.8 Å². The van der Waals surface area contributed by atoms with Crippen molar-refractivity contribution >= 4 is 5.69 Å². The molecule has 2 heteroatoms. The summed E-state index contributed by atoms with van der Waals surface area (Å²) < 4.78 is 5.71. The van der Waals surface area contributed by atoms with E-state index < -0.39 is 0 Å². The largest absolute Gasteiger partial charge is 0.489 e. The first-order valence-electron chi connectivity index (χ1n) is 5.07. The molecular formula is C12H19NO. The van der Waals surface area contributed by atoms with Gasteiger partial charge in [0.2, 0.25) is 0 Å². The van der Waals surface area contributed by atoms with Crippen molar-refractivity contribution in [1.82, 2.24) is 0 Å². The van der Waals surface area contributed by atoms with E-state index >= 15 is 0 Å². The fourth-order valence-electron chi connectivity index (χ4n) is 1.40. The molecule has 0 saturated heterocycles. The summed E-state index contributed by atoms with van der Waals surface area (Å²) in [6, 6.07) is 5.92. The fraction of sp³-hybridized carbons (Fsp3) is 0.500. The van der Waals surface area contributed by atoms with Crippen molar-refractivity contribution in [1.29, 1.82) is 0 Å². The van der Waals surface area contributed by atoms with Gasteiger partial charge >= 0.3 is 0 Å². The van der Waals surface area contributed by atoms with Crippen LogP contribution in [0.15, 0.2) is 18.2 Å². The van der Waals surface area contributed by atoms with Crippen molar-refractivity contribution < 1.29 is 4.74 Å². The predicted octanol–water partition coefficient (Wildman–Crippen LogP) is 3.18. The summed E-state index contributed by atoms with van der Waals surface area (Å²) in [5.74, 6) is 1.28. The zero-order chi connectivity index (χ0) is 10.7. The number of hydrogen-bond donors (Lipinski definition) is 1. The molecule has 0 atom stereocenters. The highest BCUT2D eigenvalue weighted by molar-refractivity contribution is 5.57. The molecule has 0 aliphatic heterocycles. The maximum atomic E-state index is 5.88. The number of benzene rings is 1. The molecule has 1 aromatic rings. The Morgan fingerprint density at radius 1 is 1.14 bits per heavy atom. The average molecular weight is 193 g/mol. The van der Waals surface area contributed by atoms with Crippen LogP contribution in [0, 0.1) is 0 Å². The molecule has 0 saturated carbocycles. The van der Waals surface area contributed by atoms with Crippen LogP contribution in [-0.4, -0.2) is 6.10 Å². The van der Waals surface area contributed by atoms with Crippen molar-refractivity contribution in [3.8, 4) is 5.75 Å². The molecule has 0 radical (unpaired) electrons. The lowest BCUT2D eigenvalue weighted by atomic mass is 10.0. The Morgan fingerprint density at radius 3 is 2.29 bits per heavy atom. The number of nitrogen functional groups attached to an aromatic ring is 1. The molecule has 1 rings (SSSR count). The van der Waals surface area contributed by atoms with Gasteiger partial charge in [0.25, 0.3) is 0 Å². The number of rotatable bonds is 3. The Balaban J connectivity index is 3.09. The first kappa shape index (κ1) is 10.9. The van der Waals surface area contributed by atoms with Crippen LogP contribution in [0.5, 0.6) is 5.75 Å². The lowest BCUT2D eigenvalue weighted by Gasteiger charge is -2.18. The van der Waals surface area contributed by atoms with Gasteiger partial charge in [-0.1, -0.05) is 26.0 Å². The summed E-state index contributed by atoms with van der Waals surface area (Å²) in [4.78, 5) is 0. The van der Waals surface area contributed by atoms with Gasteiger partial charge in [-0.05, 0) is 31.4 Å². The van der Waals surface area contributed by atoms with E-state index in [1.54, 1.807) is 0 Å². The molecule has 0 aliphatic rings. The average Bonchev–Trinajstić information content (AvgIpc) is 2.07. The monoisotopic (exact) mass is 193 g/mol. The van der Waals surface area contributed by atoms with Crippen LogP contribution in [0.2, 0.25) is 0 Å². The summed E-state index contributed by atoms with van der Waals surface area (Å²) in [5, 5.41) is 0. The third-order valence-corrected chi connectivity index (χ3v) is 2.05. The Hall–Kier alpha value is -1.18. The van der Waals surface area contributed by atoms with Gasteiger partial charge in [0, 0.05) is 0 Å². The standard InChI is InChI=1S/C12H19NO/c1-8(2)10-6-5-7-11(13)12(10)14-9(3)4/h5-9H,13H2,1-4H3. The Labute approximate surface area is 86.1 Å². The third kappa shape index (κ3) is 2.41. The van der Waals surface area contributed by atoms with Crippen molar-refractivity contribution in [3.63, 3.8) is 0 Å². The lowest BCUT2D eigenvalue weighted by Crippen LogP contribution is -2.10. The molecule has 1 aromatic carbocycles. The minimum atomic E-state index is 0.164. The van der Waals surface area contributed by atoms with Crippen molar-refractivity contribution in [2.24, 2.45) is 0 Å². The van der Waals surface area contributed by atoms with Crippen LogP contribution in [-0.2, 0) is 0 Å². The summed E-state index contributed by atoms with van der Waals surface area (Å²) >= 11 is 0. The molecule has 0 aromatic heterocycles. The zero-order valence-corrected chi connectivity index (χ0v) is 9.37. The van der Waals surface area contributed by atoms with Crippen LogP contribution in [0.1, 0.15) is 39.2 Å². The SMILES string of the molecule is CC(C)Oc1c(N)cccc1C(C)C. The summed E-state index contributed by atoms with van der Waals surface area (Å²) in [7, 11) is 0. The van der Waals surface area contributed by atoms with E-state index in [-0.39, 0.29) is 6.10 Å². The first-order valence-corrected chi connectivity index (χ1v) is 5.07. The van der Waals surface area contributed by atoms with Gasteiger partial charge in [-0.3, -0.25) is 0 Å². The minimum absolute atomic E-state index is 0.164. The molecule has 14 heavy (non-hydrogen) atoms. The van der Waals surface area contributed by atoms with Gasteiger partial charge in [0.15, 0.2) is 0 Å². The van der Waals surface area contributed by atoms with Gasteiger partial charge in [0.1, 0.15) is 5.75 Å². The predicted molar refractivity (Wildman–Crippen MR) is 60.7 cm³/mol.